The molecule has 4 aromatic carbocycles. The molecule has 0 saturated heterocycles. The van der Waals surface area contributed by atoms with Crippen LogP contribution >= 0.6 is 38.5 Å². The van der Waals surface area contributed by atoms with Crippen molar-refractivity contribution in [2.75, 3.05) is 14.2 Å². The zero-order valence-electron chi connectivity index (χ0n) is 22.2. The van der Waals surface area contributed by atoms with Gasteiger partial charge in [-0.05, 0) is 64.2 Å². The summed E-state index contributed by atoms with van der Waals surface area (Å²) in [7, 11) is 1.88. The van der Waals surface area contributed by atoms with Crippen LogP contribution in [0, 0.1) is 0 Å². The molecule has 6 aromatic rings. The quantitative estimate of drug-likeness (QED) is 0.168. The van der Waals surface area contributed by atoms with E-state index in [-0.39, 0.29) is 0 Å². The molecule has 0 aliphatic carbocycles. The normalized spacial score (nSPS) is 11.2. The Hall–Kier alpha value is -3.26. The maximum Gasteiger partial charge on any atom is 0.127 e. The van der Waals surface area contributed by atoms with Crippen LogP contribution in [0.15, 0.2) is 132 Å². The Balaban J connectivity index is 1.68. The molecule has 198 valence electrons. The summed E-state index contributed by atoms with van der Waals surface area (Å²) in [6.07, 6.45) is 0. The van der Waals surface area contributed by atoms with Crippen LogP contribution in [0.2, 0.25) is 0 Å². The molecule has 0 atom stereocenters. The van der Waals surface area contributed by atoms with E-state index in [9.17, 15) is 0 Å². The van der Waals surface area contributed by atoms with Gasteiger partial charge in [0, 0.05) is 28.3 Å². The zero-order valence-corrected chi connectivity index (χ0v) is 25.7. The molecule has 0 unspecified atom stereocenters. The van der Waals surface area contributed by atoms with Crippen LogP contribution in [-0.2, 0) is 0 Å². The Morgan fingerprint density at radius 1 is 0.450 bits per heavy atom. The molecule has 0 bridgehead atoms. The summed E-state index contributed by atoms with van der Waals surface area (Å²) in [6, 6.07) is 43.5. The van der Waals surface area contributed by atoms with E-state index in [2.05, 4.69) is 132 Å². The SMILES string of the molecule is COc1cccc(P(c2ccccc2)c2ccccc2)c1-c1c(OC)cccc1P(c1cccs1)c1cccs1. The van der Waals surface area contributed by atoms with Gasteiger partial charge >= 0.3 is 0 Å². The van der Waals surface area contributed by atoms with E-state index in [1.165, 1.54) is 30.5 Å². The average molecular weight is 595 g/mol. The predicted molar refractivity (Wildman–Crippen MR) is 178 cm³/mol. The van der Waals surface area contributed by atoms with Crippen LogP contribution in [0.5, 0.6) is 11.5 Å². The van der Waals surface area contributed by atoms with Crippen molar-refractivity contribution in [3.63, 3.8) is 0 Å². The number of ether oxygens (including phenoxy) is 2. The molecular weight excluding hydrogens is 566 g/mol. The molecule has 0 aliphatic heterocycles. The van der Waals surface area contributed by atoms with Gasteiger partial charge < -0.3 is 9.47 Å². The minimum atomic E-state index is -0.875. The summed E-state index contributed by atoms with van der Waals surface area (Å²) in [4.78, 5) is 0. The third-order valence-corrected chi connectivity index (χ3v) is 14.2. The van der Waals surface area contributed by atoms with Crippen molar-refractivity contribution in [3.05, 3.63) is 132 Å². The topological polar surface area (TPSA) is 18.5 Å². The molecule has 2 heterocycles. The van der Waals surface area contributed by atoms with Crippen LogP contribution in [0.25, 0.3) is 11.1 Å². The first kappa shape index (κ1) is 26.9. The average Bonchev–Trinajstić information content (AvgIpc) is 3.74. The van der Waals surface area contributed by atoms with E-state index >= 15 is 0 Å². The highest BCUT2D eigenvalue weighted by Crippen LogP contribution is 2.47. The number of hydrogen-bond acceptors (Lipinski definition) is 4. The molecule has 0 amide bonds. The van der Waals surface area contributed by atoms with Crippen LogP contribution in [-0.4, -0.2) is 14.2 Å². The smallest absolute Gasteiger partial charge is 0.127 e. The minimum Gasteiger partial charge on any atom is -0.496 e. The molecular formula is C34H28O2P2S2. The summed E-state index contributed by atoms with van der Waals surface area (Å²) in [5, 5.41) is 9.49. The third kappa shape index (κ3) is 5.26. The lowest BCUT2D eigenvalue weighted by atomic mass is 10.0. The fraction of sp³-hybridized carbons (Fsp3) is 0.0588. The van der Waals surface area contributed by atoms with E-state index in [0.717, 1.165) is 22.6 Å². The molecule has 0 radical (unpaired) electrons. The monoisotopic (exact) mass is 594 g/mol. The van der Waals surface area contributed by atoms with Crippen LogP contribution in [0.3, 0.4) is 0 Å². The summed E-state index contributed by atoms with van der Waals surface area (Å²) in [5.41, 5.74) is 2.22. The number of rotatable bonds is 9. The van der Waals surface area contributed by atoms with E-state index in [1.54, 1.807) is 14.2 Å². The maximum atomic E-state index is 6.15. The molecule has 6 rings (SSSR count). The van der Waals surface area contributed by atoms with Gasteiger partial charge in [-0.25, -0.2) is 0 Å². The van der Waals surface area contributed by atoms with Gasteiger partial charge in [0.1, 0.15) is 11.5 Å². The second kappa shape index (κ2) is 12.5. The largest absolute Gasteiger partial charge is 0.496 e. The molecule has 0 fully saturated rings. The van der Waals surface area contributed by atoms with Crippen molar-refractivity contribution in [3.8, 4) is 22.6 Å². The number of benzene rings is 4. The van der Waals surface area contributed by atoms with Crippen molar-refractivity contribution in [2.24, 2.45) is 0 Å². The summed E-state index contributed by atoms with van der Waals surface area (Å²) in [6.45, 7) is 0. The van der Waals surface area contributed by atoms with E-state index < -0.39 is 15.8 Å². The molecule has 6 heteroatoms. The Kier molecular flexibility index (Phi) is 8.42. The van der Waals surface area contributed by atoms with Crippen LogP contribution < -0.4 is 39.9 Å². The molecule has 0 spiro atoms. The summed E-state index contributed by atoms with van der Waals surface area (Å²) < 4.78 is 15.0. The van der Waals surface area contributed by atoms with Gasteiger partial charge in [0.25, 0.3) is 0 Å². The predicted octanol–water partition coefficient (Wildman–Crippen LogP) is 7.01. The Bertz CT molecular complexity index is 1590. The van der Waals surface area contributed by atoms with E-state index in [0.29, 0.717) is 0 Å². The lowest BCUT2D eigenvalue weighted by Crippen LogP contribution is -2.25. The van der Waals surface area contributed by atoms with Crippen molar-refractivity contribution in [1.29, 1.82) is 0 Å². The Morgan fingerprint density at radius 3 is 1.30 bits per heavy atom. The lowest BCUT2D eigenvalue weighted by molar-refractivity contribution is 0.411. The highest BCUT2D eigenvalue weighted by atomic mass is 32.1. The molecule has 40 heavy (non-hydrogen) atoms. The Labute approximate surface area is 246 Å². The highest BCUT2D eigenvalue weighted by Gasteiger charge is 2.30. The fourth-order valence-corrected chi connectivity index (χ4v) is 12.8. The van der Waals surface area contributed by atoms with Gasteiger partial charge in [0.15, 0.2) is 0 Å². The van der Waals surface area contributed by atoms with Crippen LogP contribution in [0.4, 0.5) is 0 Å². The van der Waals surface area contributed by atoms with Gasteiger partial charge in [-0.3, -0.25) is 0 Å². The van der Waals surface area contributed by atoms with Gasteiger partial charge in [-0.15, -0.1) is 22.7 Å². The number of methoxy groups -OCH3 is 2. The first-order valence-corrected chi connectivity index (χ1v) is 17.4. The summed E-state index contributed by atoms with van der Waals surface area (Å²) in [5.74, 6) is 1.72. The molecule has 0 N–H and O–H groups in total. The molecule has 0 saturated carbocycles. The second-order valence-corrected chi connectivity index (χ2v) is 15.8. The van der Waals surface area contributed by atoms with Gasteiger partial charge in [-0.2, -0.15) is 0 Å². The molecule has 2 nitrogen and oxygen atoms in total. The maximum absolute atomic E-state index is 6.15. The first-order chi connectivity index (χ1) is 19.8. The van der Waals surface area contributed by atoms with Gasteiger partial charge in [0.2, 0.25) is 0 Å². The first-order valence-electron chi connectivity index (χ1n) is 12.9. The van der Waals surface area contributed by atoms with Crippen molar-refractivity contribution in [2.45, 2.75) is 0 Å². The fourth-order valence-electron chi connectivity index (χ4n) is 4.98. The zero-order chi connectivity index (χ0) is 27.3. The molecule has 2 aromatic heterocycles. The Morgan fingerprint density at radius 2 is 0.900 bits per heavy atom. The van der Waals surface area contributed by atoms with E-state index in [1.807, 2.05) is 22.7 Å². The number of thiophene rings is 2. The summed E-state index contributed by atoms with van der Waals surface area (Å²) >= 11 is 3.65. The van der Waals surface area contributed by atoms with Crippen molar-refractivity contribution >= 4 is 69.0 Å². The van der Waals surface area contributed by atoms with Gasteiger partial charge in [0.05, 0.1) is 14.2 Å². The minimum absolute atomic E-state index is 0.787. The van der Waals surface area contributed by atoms with Crippen molar-refractivity contribution in [1.82, 2.24) is 0 Å². The standard InChI is InChI=1S/C34H28O2P2S2/c1-35-27-17-9-19-29(37(25-13-5-3-6-14-25)26-15-7-4-8-16-26)33(27)34-28(36-2)18-10-20-30(34)38(31-21-11-23-39-31)32-22-12-24-40-32/h3-24H,1-2H3. The lowest BCUT2D eigenvalue weighted by Gasteiger charge is -2.27. The second-order valence-electron chi connectivity index (χ2n) is 8.95. The molecule has 0 aliphatic rings. The van der Waals surface area contributed by atoms with Crippen LogP contribution in [0.1, 0.15) is 0 Å². The van der Waals surface area contributed by atoms with Crippen molar-refractivity contribution < 1.29 is 9.47 Å². The number of hydrogen-bond donors (Lipinski definition) is 0. The highest BCUT2D eigenvalue weighted by molar-refractivity contribution is 7.87. The van der Waals surface area contributed by atoms with Gasteiger partial charge in [-0.1, -0.05) is 97.1 Å². The third-order valence-electron chi connectivity index (χ3n) is 6.66. The van der Waals surface area contributed by atoms with E-state index in [4.69, 9.17) is 9.47 Å².